The Bertz CT molecular complexity index is 534. The molecule has 4 nitrogen and oxygen atoms in total. The van der Waals surface area contributed by atoms with E-state index < -0.39 is 10.0 Å². The summed E-state index contributed by atoms with van der Waals surface area (Å²) in [6, 6.07) is 5.03. The molecule has 0 aromatic heterocycles. The summed E-state index contributed by atoms with van der Waals surface area (Å²) in [4.78, 5) is 0.321. The van der Waals surface area contributed by atoms with Gasteiger partial charge in [0.1, 0.15) is 0 Å². The molecule has 0 saturated carbocycles. The molecule has 1 aliphatic heterocycles. The number of hydrogen-bond donors (Lipinski definition) is 1. The molecular formula is C14H22N2O2S. The van der Waals surface area contributed by atoms with Crippen molar-refractivity contribution in [3.63, 3.8) is 0 Å². The lowest BCUT2D eigenvalue weighted by molar-refractivity contribution is 0.444. The van der Waals surface area contributed by atoms with Crippen molar-refractivity contribution in [2.45, 2.75) is 38.0 Å². The van der Waals surface area contributed by atoms with Crippen molar-refractivity contribution < 1.29 is 8.42 Å². The first-order valence-electron chi connectivity index (χ1n) is 6.81. The number of anilines is 1. The Labute approximate surface area is 115 Å². The molecule has 106 valence electrons. The van der Waals surface area contributed by atoms with Gasteiger partial charge in [-0.25, -0.2) is 8.42 Å². The molecule has 19 heavy (non-hydrogen) atoms. The third-order valence-corrected chi connectivity index (χ3v) is 5.50. The van der Waals surface area contributed by atoms with Gasteiger partial charge in [-0.2, -0.15) is 4.31 Å². The molecule has 1 aliphatic rings. The summed E-state index contributed by atoms with van der Waals surface area (Å²) >= 11 is 0. The van der Waals surface area contributed by atoms with Gasteiger partial charge in [0.05, 0.1) is 4.90 Å². The maximum absolute atomic E-state index is 12.6. The molecule has 0 bridgehead atoms. The summed E-state index contributed by atoms with van der Waals surface area (Å²) in [7, 11) is -3.38. The minimum atomic E-state index is -3.38. The monoisotopic (exact) mass is 282 g/mol. The largest absolute Gasteiger partial charge is 0.399 e. The Kier molecular flexibility index (Phi) is 4.16. The fourth-order valence-corrected chi connectivity index (χ4v) is 4.40. The van der Waals surface area contributed by atoms with Gasteiger partial charge >= 0.3 is 0 Å². The fraction of sp³-hybridized carbons (Fsp3) is 0.571. The number of benzene rings is 1. The van der Waals surface area contributed by atoms with Crippen molar-refractivity contribution in [1.29, 1.82) is 0 Å². The summed E-state index contributed by atoms with van der Waals surface area (Å²) in [6.07, 6.45) is 3.17. The molecule has 2 rings (SSSR count). The molecule has 1 atom stereocenters. The standard InChI is InChI=1S/C14H22N2O2S/c1-3-4-12-5-6-16(10-12)19(17,18)14-8-11(2)7-13(15)9-14/h7-9,12H,3-6,10,15H2,1-2H3. The molecule has 1 aromatic rings. The Hall–Kier alpha value is -1.07. The van der Waals surface area contributed by atoms with E-state index in [4.69, 9.17) is 5.73 Å². The van der Waals surface area contributed by atoms with Crippen LogP contribution in [0.15, 0.2) is 23.1 Å². The minimum absolute atomic E-state index is 0.321. The van der Waals surface area contributed by atoms with E-state index in [2.05, 4.69) is 6.92 Å². The molecule has 0 radical (unpaired) electrons. The van der Waals surface area contributed by atoms with Crippen molar-refractivity contribution in [3.8, 4) is 0 Å². The fourth-order valence-electron chi connectivity index (χ4n) is 2.73. The van der Waals surface area contributed by atoms with E-state index in [9.17, 15) is 8.42 Å². The Morgan fingerprint density at radius 1 is 1.37 bits per heavy atom. The highest BCUT2D eigenvalue weighted by Gasteiger charge is 2.32. The molecule has 0 spiro atoms. The van der Waals surface area contributed by atoms with Crippen LogP contribution in [0.4, 0.5) is 5.69 Å². The van der Waals surface area contributed by atoms with Gasteiger partial charge in [-0.3, -0.25) is 0 Å². The van der Waals surface area contributed by atoms with Crippen molar-refractivity contribution in [2.75, 3.05) is 18.8 Å². The maximum atomic E-state index is 12.6. The lowest BCUT2D eigenvalue weighted by Crippen LogP contribution is -2.29. The Morgan fingerprint density at radius 2 is 2.11 bits per heavy atom. The molecular weight excluding hydrogens is 260 g/mol. The quantitative estimate of drug-likeness (QED) is 0.862. The first kappa shape index (κ1) is 14.3. The van der Waals surface area contributed by atoms with E-state index in [1.807, 2.05) is 6.92 Å². The average molecular weight is 282 g/mol. The van der Waals surface area contributed by atoms with Crippen LogP contribution in [0, 0.1) is 12.8 Å². The molecule has 5 heteroatoms. The molecule has 2 N–H and O–H groups in total. The number of aryl methyl sites for hydroxylation is 1. The minimum Gasteiger partial charge on any atom is -0.399 e. The van der Waals surface area contributed by atoms with Gasteiger partial charge in [0.25, 0.3) is 0 Å². The number of nitrogens with two attached hydrogens (primary N) is 1. The van der Waals surface area contributed by atoms with Gasteiger partial charge in [0.15, 0.2) is 0 Å². The second kappa shape index (κ2) is 5.51. The van der Waals surface area contributed by atoms with Crippen LogP contribution in [0.1, 0.15) is 31.7 Å². The van der Waals surface area contributed by atoms with E-state index in [0.717, 1.165) is 24.8 Å². The number of hydrogen-bond acceptors (Lipinski definition) is 3. The number of rotatable bonds is 4. The summed E-state index contributed by atoms with van der Waals surface area (Å²) in [6.45, 7) is 5.27. The Balaban J connectivity index is 2.23. The van der Waals surface area contributed by atoms with Gasteiger partial charge in [0.2, 0.25) is 10.0 Å². The summed E-state index contributed by atoms with van der Waals surface area (Å²) in [5, 5.41) is 0. The molecule has 1 unspecified atom stereocenters. The molecule has 1 aromatic carbocycles. The summed E-state index contributed by atoms with van der Waals surface area (Å²) in [5.41, 5.74) is 7.13. The highest BCUT2D eigenvalue weighted by molar-refractivity contribution is 7.89. The molecule has 0 amide bonds. The lowest BCUT2D eigenvalue weighted by atomic mass is 10.0. The maximum Gasteiger partial charge on any atom is 0.243 e. The van der Waals surface area contributed by atoms with Crippen LogP contribution >= 0.6 is 0 Å². The topological polar surface area (TPSA) is 63.4 Å². The van der Waals surface area contributed by atoms with Crippen LogP contribution in [0.3, 0.4) is 0 Å². The molecule has 1 saturated heterocycles. The first-order valence-corrected chi connectivity index (χ1v) is 8.25. The van der Waals surface area contributed by atoms with E-state index in [1.165, 1.54) is 0 Å². The van der Waals surface area contributed by atoms with E-state index in [0.29, 0.717) is 29.6 Å². The third kappa shape index (κ3) is 3.09. The van der Waals surface area contributed by atoms with E-state index in [-0.39, 0.29) is 0 Å². The van der Waals surface area contributed by atoms with Crippen molar-refractivity contribution in [3.05, 3.63) is 23.8 Å². The van der Waals surface area contributed by atoms with Crippen molar-refractivity contribution >= 4 is 15.7 Å². The zero-order valence-corrected chi connectivity index (χ0v) is 12.4. The highest BCUT2D eigenvalue weighted by atomic mass is 32.2. The second-order valence-corrected chi connectivity index (χ2v) is 7.32. The smallest absolute Gasteiger partial charge is 0.243 e. The van der Waals surface area contributed by atoms with Crippen molar-refractivity contribution in [2.24, 2.45) is 5.92 Å². The summed E-state index contributed by atoms with van der Waals surface area (Å²) < 4.78 is 26.7. The van der Waals surface area contributed by atoms with Crippen LogP contribution in [0.25, 0.3) is 0 Å². The number of nitrogens with zero attached hydrogens (tertiary/aromatic N) is 1. The van der Waals surface area contributed by atoms with Crippen LogP contribution in [-0.2, 0) is 10.0 Å². The van der Waals surface area contributed by atoms with Crippen LogP contribution in [0.2, 0.25) is 0 Å². The van der Waals surface area contributed by atoms with Gasteiger partial charge in [-0.1, -0.05) is 13.3 Å². The van der Waals surface area contributed by atoms with Gasteiger partial charge in [0, 0.05) is 18.8 Å². The second-order valence-electron chi connectivity index (χ2n) is 5.39. The van der Waals surface area contributed by atoms with Gasteiger partial charge < -0.3 is 5.73 Å². The van der Waals surface area contributed by atoms with Crippen LogP contribution in [0.5, 0.6) is 0 Å². The predicted molar refractivity (Wildman–Crippen MR) is 77.4 cm³/mol. The van der Waals surface area contributed by atoms with Gasteiger partial charge in [-0.05, 0) is 49.4 Å². The highest BCUT2D eigenvalue weighted by Crippen LogP contribution is 2.28. The normalized spacial score (nSPS) is 20.8. The molecule has 1 heterocycles. The van der Waals surface area contributed by atoms with Crippen LogP contribution < -0.4 is 5.73 Å². The molecule has 0 aliphatic carbocycles. The average Bonchev–Trinajstić information content (AvgIpc) is 2.77. The molecule has 1 fully saturated rings. The zero-order chi connectivity index (χ0) is 14.0. The van der Waals surface area contributed by atoms with Gasteiger partial charge in [-0.15, -0.1) is 0 Å². The zero-order valence-electron chi connectivity index (χ0n) is 11.6. The first-order chi connectivity index (χ1) is 8.93. The Morgan fingerprint density at radius 3 is 2.74 bits per heavy atom. The van der Waals surface area contributed by atoms with Crippen LogP contribution in [-0.4, -0.2) is 25.8 Å². The predicted octanol–water partition coefficient (Wildman–Crippen LogP) is 2.39. The lowest BCUT2D eigenvalue weighted by Gasteiger charge is -2.17. The number of sulfonamides is 1. The number of nitrogen functional groups attached to an aromatic ring is 1. The van der Waals surface area contributed by atoms with E-state index in [1.54, 1.807) is 22.5 Å². The van der Waals surface area contributed by atoms with E-state index >= 15 is 0 Å². The van der Waals surface area contributed by atoms with Crippen molar-refractivity contribution in [1.82, 2.24) is 4.31 Å². The summed E-state index contributed by atoms with van der Waals surface area (Å²) in [5.74, 6) is 0.502. The third-order valence-electron chi connectivity index (χ3n) is 3.66. The SMILES string of the molecule is CCCC1CCN(S(=O)(=O)c2cc(C)cc(N)c2)C1.